The van der Waals surface area contributed by atoms with Crippen molar-refractivity contribution in [2.75, 3.05) is 40.8 Å². The molecule has 0 heterocycles. The second kappa shape index (κ2) is 69.5. The maximum absolute atomic E-state index is 13.9. The van der Waals surface area contributed by atoms with Crippen LogP contribution in [0.25, 0.3) is 0 Å². The maximum atomic E-state index is 13.9. The van der Waals surface area contributed by atoms with E-state index in [0.29, 0.717) is 10.9 Å². The molecule has 1 unspecified atom stereocenters. The van der Waals surface area contributed by atoms with E-state index in [1.807, 2.05) is 21.1 Å². The fraction of sp³-hybridized carbons (Fsp3) is 1.00. The van der Waals surface area contributed by atoms with E-state index in [1.54, 1.807) is 0 Å². The molecule has 11 nitrogen and oxygen atoms in total. The molecule has 0 aliphatic carbocycles. The van der Waals surface area contributed by atoms with Crippen molar-refractivity contribution in [1.82, 2.24) is 4.90 Å². The fourth-order valence-electron chi connectivity index (χ4n) is 15.5. The van der Waals surface area contributed by atoms with Gasteiger partial charge in [0.2, 0.25) is 5.34 Å². The van der Waals surface area contributed by atoms with E-state index < -0.39 is 26.4 Å². The molecule has 0 aliphatic heterocycles. The van der Waals surface area contributed by atoms with E-state index in [4.69, 9.17) is 4.52 Å². The summed E-state index contributed by atoms with van der Waals surface area (Å²) in [6.45, 7) is 18.3. The monoisotopic (exact) mass is 1410 g/mol. The third-order valence-corrected chi connectivity index (χ3v) is 23.3. The highest BCUT2D eigenvalue weighted by Crippen LogP contribution is 2.56. The zero-order chi connectivity index (χ0) is 70.8. The van der Waals surface area contributed by atoms with Crippen molar-refractivity contribution in [3.8, 4) is 0 Å². The molecule has 0 aromatic rings. The highest BCUT2D eigenvalue weighted by molar-refractivity contribution is 7.53. The predicted octanol–water partition coefficient (Wildman–Crippen LogP) is 26.9. The standard InChI is InChI=1S/C62H128NO4P.C21H46NO4P.H2O/c1-7-13-19-25-31-37-43-49-55-61(56-50-44-38-32-26-20-14-8-2,63(59-53-47-41-35-29-23-17-11-5)60-54-48-42-36-30-24-18-12-6)62(67-68(64,65)66,57-51-45-39-33-27-21-15-9-3)58-52-46-40-34-28-22-16-10-4;1-5-6-7-8-9-10-11-12-13-14-15-16-17-18-19-21(23,27(24,25)26)20-22(2,3)4;/h7-60H2,1-6H3,(H2,64,65,66);23H,5-20H2,1-4H3,(H-,24,25,26);1H2/p+1. The van der Waals surface area contributed by atoms with Crippen LogP contribution >= 0.6 is 15.4 Å². The summed E-state index contributed by atoms with van der Waals surface area (Å²) in [7, 11) is -3.83. The lowest BCUT2D eigenvalue weighted by Crippen LogP contribution is -2.65. The average Bonchev–Trinajstić information content (AvgIpc) is 0.746. The van der Waals surface area contributed by atoms with Gasteiger partial charge in [-0.2, -0.15) is 0 Å². The van der Waals surface area contributed by atoms with E-state index in [9.17, 15) is 33.8 Å². The number of hydrogen-bond donors (Lipinski definition) is 5. The molecule has 0 bridgehead atoms. The smallest absolute Gasteiger partial charge is 0.412 e. The van der Waals surface area contributed by atoms with Gasteiger partial charge in [0.05, 0.1) is 32.3 Å². The lowest BCUT2D eigenvalue weighted by atomic mass is 9.66. The molecule has 0 aromatic carbocycles. The van der Waals surface area contributed by atoms with Crippen molar-refractivity contribution >= 4 is 15.4 Å². The zero-order valence-electron chi connectivity index (χ0n) is 66.7. The molecule has 0 aromatic heterocycles. The van der Waals surface area contributed by atoms with Gasteiger partial charge in [-0.1, -0.05) is 427 Å². The molecule has 0 aliphatic rings. The number of hydrogen-bond acceptors (Lipinski definition) is 5. The largest absolute Gasteiger partial charge is 0.470 e. The predicted molar refractivity (Wildman–Crippen MR) is 423 cm³/mol. The van der Waals surface area contributed by atoms with E-state index in [2.05, 4.69) is 53.4 Å². The number of nitrogens with zero attached hydrogens (tertiary/aromatic N) is 2. The third-order valence-electron chi connectivity index (χ3n) is 21.3. The lowest BCUT2D eigenvalue weighted by molar-refractivity contribution is -0.875. The molecular formula is C83H177N2O9P2+. The Labute approximate surface area is 601 Å². The molecule has 0 radical (unpaired) electrons. The van der Waals surface area contributed by atoms with E-state index >= 15 is 0 Å². The van der Waals surface area contributed by atoms with Crippen molar-refractivity contribution in [3.63, 3.8) is 0 Å². The van der Waals surface area contributed by atoms with Crippen LogP contribution in [0.2, 0.25) is 0 Å². The molecular weight excluding hydrogens is 1230 g/mol. The first-order valence-electron chi connectivity index (χ1n) is 42.8. The van der Waals surface area contributed by atoms with Crippen LogP contribution in [0.1, 0.15) is 479 Å². The SMILES string of the molecule is CCCCCCCCCCCCCCCCC(O)(C[N+](C)(C)C)P(=O)(O)O.CCCCCCCCCCN(CCCCCCCCCC)C(CCCCCCCCCC)(CCCCCCCCCC)C(CCCCCCCCCC)(CCCCCCCCCC)OP(=O)(O)O.O. The number of unbranched alkanes of at least 4 members (excludes halogenated alkanes) is 55. The molecule has 0 spiro atoms. The third kappa shape index (κ3) is 59.5. The van der Waals surface area contributed by atoms with Crippen molar-refractivity contribution in [3.05, 3.63) is 0 Å². The van der Waals surface area contributed by atoms with Gasteiger partial charge in [0, 0.05) is 0 Å². The highest BCUT2D eigenvalue weighted by Gasteiger charge is 2.56. The number of phosphoric acid groups is 1. The Kier molecular flexibility index (Phi) is 72.6. The number of likely N-dealkylation sites (N-methyl/N-ethyl adjacent to an activating group) is 1. The summed E-state index contributed by atoms with van der Waals surface area (Å²) in [5.74, 6) is 0. The normalized spacial score (nSPS) is 13.2. The number of phosphoric ester groups is 1. The van der Waals surface area contributed by atoms with E-state index in [-0.39, 0.29) is 24.0 Å². The fourth-order valence-corrected chi connectivity index (χ4v) is 17.3. The van der Waals surface area contributed by atoms with Crippen LogP contribution < -0.4 is 0 Å². The van der Waals surface area contributed by atoms with Crippen LogP contribution in [0, 0.1) is 0 Å². The van der Waals surface area contributed by atoms with Crippen LogP contribution in [0.3, 0.4) is 0 Å². The van der Waals surface area contributed by atoms with Gasteiger partial charge in [-0.3, -0.25) is 14.0 Å². The summed E-state index contributed by atoms with van der Waals surface area (Å²) < 4.78 is 32.7. The van der Waals surface area contributed by atoms with Crippen LogP contribution in [0.5, 0.6) is 0 Å². The first-order valence-corrected chi connectivity index (χ1v) is 46.0. The summed E-state index contributed by atoms with van der Waals surface area (Å²) in [6, 6.07) is 0. The Balaban J connectivity index is -0.00000258. The average molecular weight is 1410 g/mol. The van der Waals surface area contributed by atoms with Crippen LogP contribution in [0.15, 0.2) is 0 Å². The Morgan fingerprint density at radius 2 is 0.479 bits per heavy atom. The van der Waals surface area contributed by atoms with Crippen molar-refractivity contribution < 1.29 is 48.3 Å². The van der Waals surface area contributed by atoms with Gasteiger partial charge in [0.1, 0.15) is 6.54 Å². The van der Waals surface area contributed by atoms with Gasteiger partial charge in [-0.15, -0.1) is 0 Å². The van der Waals surface area contributed by atoms with Gasteiger partial charge in [0.25, 0.3) is 0 Å². The summed E-state index contributed by atoms with van der Waals surface area (Å²) >= 11 is 0. The Bertz CT molecular complexity index is 1600. The Hall–Kier alpha value is 0.1000. The van der Waals surface area contributed by atoms with Crippen LogP contribution in [-0.4, -0.2) is 96.8 Å². The molecule has 0 saturated carbocycles. The van der Waals surface area contributed by atoms with Gasteiger partial charge < -0.3 is 34.6 Å². The molecule has 13 heteroatoms. The second-order valence-electron chi connectivity index (χ2n) is 31.8. The molecule has 1 atom stereocenters. The molecule has 0 fully saturated rings. The van der Waals surface area contributed by atoms with Gasteiger partial charge in [0.15, 0.2) is 0 Å². The molecule has 0 rings (SSSR count). The van der Waals surface area contributed by atoms with Crippen LogP contribution in [0.4, 0.5) is 0 Å². The number of rotatable bonds is 76. The minimum Gasteiger partial charge on any atom is -0.412 e. The minimum absolute atomic E-state index is 0. The maximum Gasteiger partial charge on any atom is 0.470 e. The van der Waals surface area contributed by atoms with Gasteiger partial charge in [-0.05, 0) is 64.5 Å². The zero-order valence-corrected chi connectivity index (χ0v) is 68.5. The first-order chi connectivity index (χ1) is 45.7. The van der Waals surface area contributed by atoms with Crippen molar-refractivity contribution in [1.29, 1.82) is 0 Å². The Morgan fingerprint density at radius 1 is 0.292 bits per heavy atom. The highest BCUT2D eigenvalue weighted by atomic mass is 31.2. The summed E-state index contributed by atoms with van der Waals surface area (Å²) in [5.41, 5.74) is -1.25. The lowest BCUT2D eigenvalue weighted by Gasteiger charge is -2.57. The number of aliphatic hydroxyl groups is 1. The molecule has 0 saturated heterocycles. The van der Waals surface area contributed by atoms with Gasteiger partial charge >= 0.3 is 15.4 Å². The molecule has 582 valence electrons. The molecule has 0 amide bonds. The van der Waals surface area contributed by atoms with Crippen molar-refractivity contribution in [2.24, 2.45) is 0 Å². The van der Waals surface area contributed by atoms with E-state index in [1.165, 1.54) is 340 Å². The number of quaternary nitrogens is 1. The van der Waals surface area contributed by atoms with Crippen LogP contribution in [-0.2, 0) is 13.7 Å². The van der Waals surface area contributed by atoms with E-state index in [0.717, 1.165) is 90.1 Å². The topological polar surface area (TPSA) is 179 Å². The quantitative estimate of drug-likeness (QED) is 0.0225. The minimum atomic E-state index is -4.82. The van der Waals surface area contributed by atoms with Crippen molar-refractivity contribution in [2.45, 2.75) is 495 Å². The summed E-state index contributed by atoms with van der Waals surface area (Å²) in [5, 5.41) is 8.60. The molecule has 7 N–H and O–H groups in total. The van der Waals surface area contributed by atoms with Gasteiger partial charge in [-0.25, -0.2) is 4.57 Å². The summed E-state index contributed by atoms with van der Waals surface area (Å²) in [4.78, 5) is 44.7. The summed E-state index contributed by atoms with van der Waals surface area (Å²) in [6.07, 6.45) is 82.2. The molecule has 96 heavy (non-hydrogen) atoms. The second-order valence-corrected chi connectivity index (χ2v) is 34.8. The first kappa shape index (κ1) is 100. The Morgan fingerprint density at radius 3 is 0.677 bits per heavy atom.